The summed E-state index contributed by atoms with van der Waals surface area (Å²) >= 11 is 3.35. The summed E-state index contributed by atoms with van der Waals surface area (Å²) in [7, 11) is 1.33. The van der Waals surface area contributed by atoms with Crippen molar-refractivity contribution in [2.75, 3.05) is 13.7 Å². The molecule has 1 N–H and O–H groups in total. The first-order valence-corrected chi connectivity index (χ1v) is 9.19. The van der Waals surface area contributed by atoms with Crippen LogP contribution in [0.15, 0.2) is 22.7 Å². The fourth-order valence-corrected chi connectivity index (χ4v) is 3.37. The maximum Gasteiger partial charge on any atom is 0.337 e. The fraction of sp³-hybridized carbons (Fsp3) is 0.556. The van der Waals surface area contributed by atoms with Gasteiger partial charge in [0.2, 0.25) is 0 Å². The first-order valence-electron chi connectivity index (χ1n) is 8.40. The smallest absolute Gasteiger partial charge is 0.337 e. The van der Waals surface area contributed by atoms with E-state index in [0.717, 1.165) is 12.8 Å². The van der Waals surface area contributed by atoms with Crippen molar-refractivity contribution >= 4 is 27.8 Å². The lowest BCUT2D eigenvalue weighted by molar-refractivity contribution is -0.123. The molecule has 1 fully saturated rings. The predicted molar refractivity (Wildman–Crippen MR) is 95.2 cm³/mol. The number of ether oxygens (including phenoxy) is 2. The van der Waals surface area contributed by atoms with Crippen molar-refractivity contribution in [1.82, 2.24) is 5.32 Å². The van der Waals surface area contributed by atoms with E-state index in [1.165, 1.54) is 39.2 Å². The minimum absolute atomic E-state index is 0.0350. The van der Waals surface area contributed by atoms with Crippen LogP contribution in [0.3, 0.4) is 0 Å². The van der Waals surface area contributed by atoms with Crippen LogP contribution in [0, 0.1) is 0 Å². The molecule has 24 heavy (non-hydrogen) atoms. The number of nitrogens with one attached hydrogen (secondary N) is 1. The van der Waals surface area contributed by atoms with Crippen LogP contribution >= 0.6 is 15.9 Å². The molecule has 1 aromatic carbocycles. The average molecular weight is 398 g/mol. The van der Waals surface area contributed by atoms with Gasteiger partial charge in [-0.2, -0.15) is 0 Å². The lowest BCUT2D eigenvalue weighted by Crippen LogP contribution is -2.38. The van der Waals surface area contributed by atoms with Gasteiger partial charge in [-0.05, 0) is 47.0 Å². The Labute approximate surface area is 151 Å². The van der Waals surface area contributed by atoms with Crippen molar-refractivity contribution in [3.8, 4) is 5.75 Å². The zero-order valence-corrected chi connectivity index (χ0v) is 15.6. The van der Waals surface area contributed by atoms with Gasteiger partial charge in [0.1, 0.15) is 5.75 Å². The standard InChI is InChI=1S/C18H24BrNO4/c1-23-18(22)13-9-10-16(15(19)11-13)24-12-17(21)20-14-7-5-3-2-4-6-8-14/h9-11,14H,2-8,12H2,1H3,(H,20,21). The molecule has 0 atom stereocenters. The van der Waals surface area contributed by atoms with E-state index in [-0.39, 0.29) is 18.6 Å². The Morgan fingerprint density at radius 1 is 1.17 bits per heavy atom. The minimum Gasteiger partial charge on any atom is -0.483 e. The largest absolute Gasteiger partial charge is 0.483 e. The van der Waals surface area contributed by atoms with Gasteiger partial charge in [0.15, 0.2) is 6.61 Å². The molecule has 0 radical (unpaired) electrons. The highest BCUT2D eigenvalue weighted by Gasteiger charge is 2.15. The van der Waals surface area contributed by atoms with Crippen molar-refractivity contribution in [2.45, 2.75) is 51.0 Å². The third-order valence-electron chi connectivity index (χ3n) is 4.18. The summed E-state index contributed by atoms with van der Waals surface area (Å²) in [5.41, 5.74) is 0.427. The fourth-order valence-electron chi connectivity index (χ4n) is 2.88. The van der Waals surface area contributed by atoms with Crippen molar-refractivity contribution in [2.24, 2.45) is 0 Å². The summed E-state index contributed by atoms with van der Waals surface area (Å²) in [5.74, 6) is 0.00395. The van der Waals surface area contributed by atoms with E-state index in [0.29, 0.717) is 15.8 Å². The number of esters is 1. The Kier molecular flexibility index (Phi) is 7.56. The average Bonchev–Trinajstić information content (AvgIpc) is 2.55. The highest BCUT2D eigenvalue weighted by Crippen LogP contribution is 2.26. The number of carbonyl (C=O) groups is 2. The molecule has 0 aromatic heterocycles. The van der Waals surface area contributed by atoms with Gasteiger partial charge in [-0.1, -0.05) is 32.1 Å². The van der Waals surface area contributed by atoms with E-state index >= 15 is 0 Å². The maximum atomic E-state index is 12.1. The molecule has 0 unspecified atom stereocenters. The third-order valence-corrected chi connectivity index (χ3v) is 4.80. The zero-order chi connectivity index (χ0) is 17.4. The number of rotatable bonds is 5. The molecular formula is C18H24BrNO4. The maximum absolute atomic E-state index is 12.1. The van der Waals surface area contributed by atoms with Crippen molar-refractivity contribution in [1.29, 1.82) is 0 Å². The number of methoxy groups -OCH3 is 1. The quantitative estimate of drug-likeness (QED) is 0.766. The highest BCUT2D eigenvalue weighted by molar-refractivity contribution is 9.10. The lowest BCUT2D eigenvalue weighted by Gasteiger charge is -2.21. The normalized spacial score (nSPS) is 15.9. The van der Waals surface area contributed by atoms with Crippen LogP contribution in [-0.2, 0) is 9.53 Å². The van der Waals surface area contributed by atoms with Crippen molar-refractivity contribution in [3.63, 3.8) is 0 Å². The van der Waals surface area contributed by atoms with Crippen LogP contribution < -0.4 is 10.1 Å². The lowest BCUT2D eigenvalue weighted by atomic mass is 9.97. The topological polar surface area (TPSA) is 64.6 Å². The number of amides is 1. The molecule has 1 aliphatic carbocycles. The van der Waals surface area contributed by atoms with E-state index in [1.54, 1.807) is 18.2 Å². The van der Waals surface area contributed by atoms with Gasteiger partial charge >= 0.3 is 5.97 Å². The second-order valence-electron chi connectivity index (χ2n) is 6.04. The summed E-state index contributed by atoms with van der Waals surface area (Å²) in [4.78, 5) is 23.6. The van der Waals surface area contributed by atoms with Crippen LogP contribution in [0.1, 0.15) is 55.3 Å². The van der Waals surface area contributed by atoms with E-state index in [9.17, 15) is 9.59 Å². The van der Waals surface area contributed by atoms with E-state index in [4.69, 9.17) is 4.74 Å². The van der Waals surface area contributed by atoms with Crippen LogP contribution in [0.25, 0.3) is 0 Å². The monoisotopic (exact) mass is 397 g/mol. The molecule has 1 amide bonds. The summed E-state index contributed by atoms with van der Waals surface area (Å²) in [6, 6.07) is 5.14. The van der Waals surface area contributed by atoms with Crippen molar-refractivity contribution < 1.29 is 19.1 Å². The van der Waals surface area contributed by atoms with Gasteiger partial charge < -0.3 is 14.8 Å². The van der Waals surface area contributed by atoms with Crippen molar-refractivity contribution in [3.05, 3.63) is 28.2 Å². The molecule has 1 aromatic rings. The molecule has 0 spiro atoms. The van der Waals surface area contributed by atoms with Gasteiger partial charge in [-0.25, -0.2) is 4.79 Å². The Hall–Kier alpha value is -1.56. The molecule has 0 aliphatic heterocycles. The SMILES string of the molecule is COC(=O)c1ccc(OCC(=O)NC2CCCCCCC2)c(Br)c1. The molecule has 5 nitrogen and oxygen atoms in total. The summed E-state index contributed by atoms with van der Waals surface area (Å²) in [5, 5.41) is 3.06. The van der Waals surface area contributed by atoms with Gasteiger partial charge in [0.05, 0.1) is 17.1 Å². The Morgan fingerprint density at radius 3 is 2.46 bits per heavy atom. The molecule has 1 saturated carbocycles. The number of halogens is 1. The first-order chi connectivity index (χ1) is 11.6. The van der Waals surface area contributed by atoms with Crippen LogP contribution in [0.2, 0.25) is 0 Å². The molecule has 2 rings (SSSR count). The van der Waals surface area contributed by atoms with E-state index in [2.05, 4.69) is 26.0 Å². The van der Waals surface area contributed by atoms with E-state index < -0.39 is 5.97 Å². The molecule has 6 heteroatoms. The molecular weight excluding hydrogens is 374 g/mol. The first kappa shape index (κ1) is 18.8. The highest BCUT2D eigenvalue weighted by atomic mass is 79.9. The zero-order valence-electron chi connectivity index (χ0n) is 14.0. The van der Waals surface area contributed by atoms with Gasteiger partial charge in [0.25, 0.3) is 5.91 Å². The number of benzene rings is 1. The molecule has 0 saturated heterocycles. The van der Waals surface area contributed by atoms with Gasteiger partial charge in [-0.15, -0.1) is 0 Å². The molecule has 0 bridgehead atoms. The Morgan fingerprint density at radius 2 is 1.83 bits per heavy atom. The Balaban J connectivity index is 1.83. The predicted octanol–water partition coefficient (Wildman–Crippen LogP) is 3.84. The molecule has 0 heterocycles. The van der Waals surface area contributed by atoms with Crippen LogP contribution in [-0.4, -0.2) is 31.6 Å². The van der Waals surface area contributed by atoms with Crippen LogP contribution in [0.5, 0.6) is 5.75 Å². The number of carbonyl (C=O) groups excluding carboxylic acids is 2. The molecule has 1 aliphatic rings. The van der Waals surface area contributed by atoms with E-state index in [1.807, 2.05) is 0 Å². The van der Waals surface area contributed by atoms with Crippen LogP contribution in [0.4, 0.5) is 0 Å². The Bertz CT molecular complexity index is 568. The minimum atomic E-state index is -0.413. The third kappa shape index (κ3) is 5.82. The van der Waals surface area contributed by atoms with Gasteiger partial charge in [0, 0.05) is 6.04 Å². The number of hydrogen-bond acceptors (Lipinski definition) is 4. The summed E-state index contributed by atoms with van der Waals surface area (Å²) in [6.45, 7) is -0.0350. The second kappa shape index (κ2) is 9.67. The molecule has 132 valence electrons. The summed E-state index contributed by atoms with van der Waals surface area (Å²) < 4.78 is 10.8. The van der Waals surface area contributed by atoms with Gasteiger partial charge in [-0.3, -0.25) is 4.79 Å². The number of hydrogen-bond donors (Lipinski definition) is 1. The summed E-state index contributed by atoms with van der Waals surface area (Å²) in [6.07, 6.45) is 8.25. The second-order valence-corrected chi connectivity index (χ2v) is 6.89.